The van der Waals surface area contributed by atoms with Crippen molar-refractivity contribution in [2.75, 3.05) is 26.4 Å². The van der Waals surface area contributed by atoms with Crippen LogP contribution in [0.2, 0.25) is 0 Å². The van der Waals surface area contributed by atoms with Gasteiger partial charge in [-0.25, -0.2) is 0 Å². The van der Waals surface area contributed by atoms with Crippen molar-refractivity contribution in [1.82, 2.24) is 0 Å². The van der Waals surface area contributed by atoms with Gasteiger partial charge in [0.05, 0.1) is 49.7 Å². The van der Waals surface area contributed by atoms with Crippen LogP contribution in [0.3, 0.4) is 0 Å². The molecule has 0 saturated carbocycles. The highest BCUT2D eigenvalue weighted by atomic mass is 16.5. The third-order valence-electron chi connectivity index (χ3n) is 23.9. The predicted molar refractivity (Wildman–Crippen MR) is 483 cm³/mol. The summed E-state index contributed by atoms with van der Waals surface area (Å²) in [5.41, 5.74) is 4.62. The minimum atomic E-state index is 0.456. The molecule has 626 valence electrons. The average molecular weight is 1520 g/mol. The number of allylic oxidation sites excluding steroid dienone is 2. The van der Waals surface area contributed by atoms with Crippen molar-refractivity contribution in [3.8, 4) is 35.1 Å². The van der Waals surface area contributed by atoms with Crippen molar-refractivity contribution in [3.05, 3.63) is 82.9 Å². The third-order valence-corrected chi connectivity index (χ3v) is 23.9. The Balaban J connectivity index is 2.08. The van der Waals surface area contributed by atoms with E-state index in [1.54, 1.807) is 0 Å². The molecule has 0 aliphatic heterocycles. The van der Waals surface area contributed by atoms with Crippen LogP contribution in [-0.4, -0.2) is 26.4 Å². The fraction of sp³-hybridized carbons (Fsp3) is 0.769. The second-order valence-electron chi connectivity index (χ2n) is 34.3. The second-order valence-corrected chi connectivity index (χ2v) is 34.3. The standard InChI is InChI=1S/C104H176N2O4/c1-9-17-25-33-41-45-53-61-67-93(65-57-49-37-29-21-13-5)87-107-99-77-79-101(103(83-99)109-89-95(69-59-51-39-31-23-15-7)71-63-55-47-43-35-27-19-11-3)97(85-105)81-91-73-75-92(76-74-91)82-98(86-106)102-80-78-100(108-88-94(66-58-50-38-30-22-14-6)68-62-54-46-42-34-26-18-10-2)84-104(102)110-90-96(70-60-52-40-32-24-16-8)72-64-56-48-44-36-28-20-12-4/h73-84,93-96H,9-72,87-90H2,1-8H3/b97-81+,98-82+. The van der Waals surface area contributed by atoms with E-state index in [4.69, 9.17) is 18.9 Å². The van der Waals surface area contributed by atoms with Gasteiger partial charge in [0.1, 0.15) is 23.0 Å². The van der Waals surface area contributed by atoms with Crippen LogP contribution < -0.4 is 18.9 Å². The van der Waals surface area contributed by atoms with Crippen LogP contribution in [0.5, 0.6) is 23.0 Å². The summed E-state index contributed by atoms with van der Waals surface area (Å²) in [5.74, 6) is 5.12. The zero-order valence-electron chi connectivity index (χ0n) is 73.8. The molecule has 110 heavy (non-hydrogen) atoms. The monoisotopic (exact) mass is 1520 g/mol. The molecule has 0 bridgehead atoms. The van der Waals surface area contributed by atoms with Gasteiger partial charge in [-0.1, -0.05) is 439 Å². The van der Waals surface area contributed by atoms with E-state index < -0.39 is 0 Å². The van der Waals surface area contributed by atoms with Crippen molar-refractivity contribution in [2.45, 2.75) is 466 Å². The molecule has 0 aromatic heterocycles. The van der Waals surface area contributed by atoms with Gasteiger partial charge < -0.3 is 18.9 Å². The van der Waals surface area contributed by atoms with Gasteiger partial charge in [-0.2, -0.15) is 10.5 Å². The second kappa shape index (κ2) is 73.2. The summed E-state index contributed by atoms with van der Waals surface area (Å²) in [4.78, 5) is 0. The number of nitrogens with zero attached hydrogens (tertiary/aromatic N) is 2. The molecule has 0 aliphatic carbocycles. The molecule has 6 nitrogen and oxygen atoms in total. The Hall–Kier alpha value is -4.68. The zero-order valence-corrected chi connectivity index (χ0v) is 73.8. The van der Waals surface area contributed by atoms with E-state index in [-0.39, 0.29) is 0 Å². The Labute approximate surface area is 683 Å². The van der Waals surface area contributed by atoms with Crippen LogP contribution >= 0.6 is 0 Å². The van der Waals surface area contributed by atoms with Gasteiger partial charge in [-0.3, -0.25) is 0 Å². The number of unbranched alkanes of at least 4 members (excludes halogenated alkanes) is 48. The van der Waals surface area contributed by atoms with Gasteiger partial charge in [0.25, 0.3) is 0 Å². The maximum absolute atomic E-state index is 11.2. The normalized spacial score (nSPS) is 13.0. The van der Waals surface area contributed by atoms with E-state index in [1.807, 2.05) is 12.2 Å². The molecule has 4 unspecified atom stereocenters. The van der Waals surface area contributed by atoms with Crippen molar-refractivity contribution in [1.29, 1.82) is 10.5 Å². The number of ether oxygens (including phenoxy) is 4. The molecule has 0 aliphatic rings. The molecule has 3 rings (SSSR count). The first kappa shape index (κ1) is 99.5. The zero-order chi connectivity index (χ0) is 78.9. The highest BCUT2D eigenvalue weighted by Gasteiger charge is 2.21. The lowest BCUT2D eigenvalue weighted by Crippen LogP contribution is -2.14. The van der Waals surface area contributed by atoms with Gasteiger partial charge in [0.2, 0.25) is 0 Å². The van der Waals surface area contributed by atoms with Gasteiger partial charge >= 0.3 is 0 Å². The molecule has 0 heterocycles. The Morgan fingerprint density at radius 2 is 0.427 bits per heavy atom. The highest BCUT2D eigenvalue weighted by Crippen LogP contribution is 2.37. The molecule has 0 radical (unpaired) electrons. The molecule has 3 aromatic rings. The molecule has 4 atom stereocenters. The lowest BCUT2D eigenvalue weighted by atomic mass is 9.94. The maximum atomic E-state index is 11.2. The fourth-order valence-electron chi connectivity index (χ4n) is 16.4. The highest BCUT2D eigenvalue weighted by molar-refractivity contribution is 5.93. The minimum Gasteiger partial charge on any atom is -0.493 e. The van der Waals surface area contributed by atoms with E-state index in [1.165, 1.54) is 411 Å². The Morgan fingerprint density at radius 1 is 0.245 bits per heavy atom. The van der Waals surface area contributed by atoms with Crippen molar-refractivity contribution in [3.63, 3.8) is 0 Å². The van der Waals surface area contributed by atoms with Gasteiger partial charge in [-0.15, -0.1) is 0 Å². The van der Waals surface area contributed by atoms with Crippen LogP contribution in [0, 0.1) is 46.3 Å². The smallest absolute Gasteiger partial charge is 0.131 e. The first-order chi connectivity index (χ1) is 54.3. The SMILES string of the molecule is CCCCCCCCCCC(CCCCCCCC)COc1ccc(/C(C#N)=C/c2ccc(/C=C(\C#N)c3ccc(OCC(CCCCCCCC)CCCCCCCCCC)cc3OCC(CCCCCCCC)CCCCCCCCCC)cc2)c(OCC(CCCCCCCC)CCCCCCCCCC)c1. The first-order valence-electron chi connectivity index (χ1n) is 48.4. The predicted octanol–water partition coefficient (Wildman–Crippen LogP) is 34.9. The summed E-state index contributed by atoms with van der Waals surface area (Å²) < 4.78 is 28.0. The minimum absolute atomic E-state index is 0.456. The Kier molecular flexibility index (Phi) is 66.2. The molecule has 0 amide bonds. The van der Waals surface area contributed by atoms with E-state index >= 15 is 0 Å². The number of hydrogen-bond donors (Lipinski definition) is 0. The number of hydrogen-bond acceptors (Lipinski definition) is 6. The molecule has 6 heteroatoms. The lowest BCUT2D eigenvalue weighted by molar-refractivity contribution is 0.214. The third kappa shape index (κ3) is 52.7. The van der Waals surface area contributed by atoms with Crippen LogP contribution in [0.1, 0.15) is 489 Å². The van der Waals surface area contributed by atoms with E-state index in [9.17, 15) is 10.5 Å². The van der Waals surface area contributed by atoms with Crippen molar-refractivity contribution in [2.24, 2.45) is 23.7 Å². The maximum Gasteiger partial charge on any atom is 0.131 e. The number of rotatable bonds is 80. The molecule has 3 aromatic carbocycles. The molecule has 0 saturated heterocycles. The number of nitriles is 2. The summed E-state index contributed by atoms with van der Waals surface area (Å²) in [6.45, 7) is 21.2. The van der Waals surface area contributed by atoms with E-state index in [2.05, 4.69) is 128 Å². The van der Waals surface area contributed by atoms with Crippen LogP contribution in [0.4, 0.5) is 0 Å². The molecular formula is C104H176N2O4. The topological polar surface area (TPSA) is 84.5 Å². The molecule has 0 fully saturated rings. The van der Waals surface area contributed by atoms with Crippen molar-refractivity contribution >= 4 is 23.3 Å². The van der Waals surface area contributed by atoms with Crippen LogP contribution in [-0.2, 0) is 0 Å². The summed E-state index contributed by atoms with van der Waals surface area (Å²) in [6.07, 6.45) is 87.4. The van der Waals surface area contributed by atoms with Gasteiger partial charge in [-0.05, 0) is 123 Å². The van der Waals surface area contributed by atoms with E-state index in [0.717, 1.165) is 45.3 Å². The van der Waals surface area contributed by atoms with Crippen LogP contribution in [0.25, 0.3) is 23.3 Å². The quantitative estimate of drug-likeness (QED) is 0.0318. The Bertz CT molecular complexity index is 2510. The molecular weight excluding hydrogens is 1340 g/mol. The Morgan fingerprint density at radius 3 is 0.618 bits per heavy atom. The largest absolute Gasteiger partial charge is 0.493 e. The summed E-state index contributed by atoms with van der Waals surface area (Å²) >= 11 is 0. The first-order valence-corrected chi connectivity index (χ1v) is 48.4. The van der Waals surface area contributed by atoms with Crippen LogP contribution in [0.15, 0.2) is 60.7 Å². The summed E-state index contributed by atoms with van der Waals surface area (Å²) in [5, 5.41) is 22.4. The van der Waals surface area contributed by atoms with E-state index in [0.29, 0.717) is 61.2 Å². The molecule has 0 spiro atoms. The van der Waals surface area contributed by atoms with Gasteiger partial charge in [0.15, 0.2) is 0 Å². The average Bonchev–Trinajstić information content (AvgIpc) is 0.828. The van der Waals surface area contributed by atoms with Gasteiger partial charge in [0, 0.05) is 23.3 Å². The molecule has 0 N–H and O–H groups in total. The fourth-order valence-corrected chi connectivity index (χ4v) is 16.4. The number of benzene rings is 3. The summed E-state index contributed by atoms with van der Waals surface area (Å²) in [6, 6.07) is 26.3. The lowest BCUT2D eigenvalue weighted by Gasteiger charge is -2.21. The van der Waals surface area contributed by atoms with Crippen molar-refractivity contribution < 1.29 is 18.9 Å². The summed E-state index contributed by atoms with van der Waals surface area (Å²) in [7, 11) is 0.